The smallest absolute Gasteiger partial charge is 0.372 e. The van der Waals surface area contributed by atoms with Crippen molar-refractivity contribution in [1.82, 2.24) is 5.32 Å². The Bertz CT molecular complexity index is 345. The van der Waals surface area contributed by atoms with E-state index >= 15 is 0 Å². The molecule has 0 spiro atoms. The van der Waals surface area contributed by atoms with Crippen LogP contribution < -0.4 is 5.32 Å². The monoisotopic (exact) mass is 295 g/mol. The van der Waals surface area contributed by atoms with Gasteiger partial charge < -0.3 is 10.1 Å². The second kappa shape index (κ2) is 8.40. The summed E-state index contributed by atoms with van der Waals surface area (Å²) in [5, 5.41) is 3.19. The van der Waals surface area contributed by atoms with Crippen LogP contribution in [0.3, 0.4) is 0 Å². The van der Waals surface area contributed by atoms with Gasteiger partial charge in [0, 0.05) is 18.5 Å². The van der Waals surface area contributed by atoms with Gasteiger partial charge in [0.2, 0.25) is 0 Å². The minimum absolute atomic E-state index is 0.00508. The second-order valence-electron chi connectivity index (χ2n) is 4.09. The average Bonchev–Trinajstić information content (AvgIpc) is 2.38. The van der Waals surface area contributed by atoms with Crippen molar-refractivity contribution in [3.8, 4) is 0 Å². The normalized spacial score (nSPS) is 13.5. The van der Waals surface area contributed by atoms with Crippen LogP contribution in [0.2, 0.25) is 0 Å². The van der Waals surface area contributed by atoms with Crippen molar-refractivity contribution in [1.29, 1.82) is 0 Å². The highest BCUT2D eigenvalue weighted by Crippen LogP contribution is 2.15. The van der Waals surface area contributed by atoms with E-state index in [0.717, 1.165) is 5.56 Å². The van der Waals surface area contributed by atoms with Crippen LogP contribution in [-0.4, -0.2) is 31.8 Å². The molecule has 0 saturated carbocycles. The Morgan fingerprint density at radius 2 is 1.89 bits per heavy atom. The third-order valence-corrected chi connectivity index (χ3v) is 2.79. The number of rotatable bonds is 8. The molecule has 1 aromatic rings. The quantitative estimate of drug-likeness (QED) is 0.585. The Balaban J connectivity index is 2.17. The minimum Gasteiger partial charge on any atom is -0.372 e. The Hall–Kier alpha value is -0.780. The van der Waals surface area contributed by atoms with E-state index in [2.05, 4.69) is 10.1 Å². The van der Waals surface area contributed by atoms with Gasteiger partial charge in [0.25, 0.3) is 0 Å². The van der Waals surface area contributed by atoms with Crippen molar-refractivity contribution in [2.45, 2.75) is 18.6 Å². The van der Waals surface area contributed by atoms with Crippen LogP contribution in [0.5, 0.6) is 0 Å². The highest BCUT2D eigenvalue weighted by molar-refractivity contribution is 6.18. The number of hydrogen-bond acceptors (Lipinski definition) is 2. The van der Waals surface area contributed by atoms with Crippen LogP contribution in [-0.2, 0) is 4.74 Å². The first-order valence-electron chi connectivity index (χ1n) is 6.01. The van der Waals surface area contributed by atoms with Gasteiger partial charge in [-0.05, 0) is 18.5 Å². The Labute approximate surface area is 115 Å². The third-order valence-electron chi connectivity index (χ3n) is 2.48. The fourth-order valence-electron chi connectivity index (χ4n) is 1.59. The van der Waals surface area contributed by atoms with Crippen LogP contribution in [0.4, 0.5) is 13.2 Å². The first-order valence-corrected chi connectivity index (χ1v) is 6.55. The lowest BCUT2D eigenvalue weighted by atomic mass is 10.1. The van der Waals surface area contributed by atoms with Gasteiger partial charge in [-0.2, -0.15) is 13.2 Å². The summed E-state index contributed by atoms with van der Waals surface area (Å²) >= 11 is 5.86. The van der Waals surface area contributed by atoms with Crippen molar-refractivity contribution in [2.75, 3.05) is 25.6 Å². The van der Waals surface area contributed by atoms with Crippen molar-refractivity contribution < 1.29 is 17.9 Å². The standard InChI is InChI=1S/C13H17ClF3NO/c14-9-12(11-5-2-1-3-6-11)18-7-4-8-19-10-13(15,16)17/h1-3,5-6,12,18H,4,7-10H2. The predicted molar refractivity (Wildman–Crippen MR) is 69.4 cm³/mol. The molecule has 1 N–H and O–H groups in total. The summed E-state index contributed by atoms with van der Waals surface area (Å²) in [6.45, 7) is -0.551. The van der Waals surface area contributed by atoms with E-state index < -0.39 is 12.8 Å². The van der Waals surface area contributed by atoms with Crippen molar-refractivity contribution in [3.63, 3.8) is 0 Å². The number of ether oxygens (including phenoxy) is 1. The van der Waals surface area contributed by atoms with Gasteiger partial charge in [0.15, 0.2) is 0 Å². The van der Waals surface area contributed by atoms with Gasteiger partial charge in [0.1, 0.15) is 6.61 Å². The summed E-state index contributed by atoms with van der Waals surface area (Å²) in [6, 6.07) is 9.68. The van der Waals surface area contributed by atoms with Gasteiger partial charge in [-0.3, -0.25) is 0 Å². The number of alkyl halides is 4. The van der Waals surface area contributed by atoms with E-state index in [1.807, 2.05) is 30.3 Å². The zero-order valence-electron chi connectivity index (χ0n) is 10.4. The molecule has 2 nitrogen and oxygen atoms in total. The summed E-state index contributed by atoms with van der Waals surface area (Å²) < 4.78 is 40.0. The molecule has 0 aromatic heterocycles. The molecule has 6 heteroatoms. The Morgan fingerprint density at radius 1 is 1.21 bits per heavy atom. The third kappa shape index (κ3) is 7.40. The van der Waals surface area contributed by atoms with Crippen molar-refractivity contribution in [3.05, 3.63) is 35.9 Å². The second-order valence-corrected chi connectivity index (χ2v) is 4.40. The molecule has 0 bridgehead atoms. The molecule has 0 aliphatic rings. The van der Waals surface area contributed by atoms with E-state index in [4.69, 9.17) is 11.6 Å². The van der Waals surface area contributed by atoms with Crippen LogP contribution >= 0.6 is 11.6 Å². The molecule has 0 heterocycles. The largest absolute Gasteiger partial charge is 0.411 e. The van der Waals surface area contributed by atoms with E-state index in [1.54, 1.807) is 0 Å². The zero-order chi connectivity index (χ0) is 14.1. The van der Waals surface area contributed by atoms with Crippen LogP contribution in [0, 0.1) is 0 Å². The number of nitrogens with one attached hydrogen (secondary N) is 1. The fraction of sp³-hybridized carbons (Fsp3) is 0.538. The molecule has 1 atom stereocenters. The summed E-state index contributed by atoms with van der Waals surface area (Å²) in [6.07, 6.45) is -3.74. The summed E-state index contributed by atoms with van der Waals surface area (Å²) in [5.74, 6) is 0.410. The van der Waals surface area contributed by atoms with E-state index in [1.165, 1.54) is 0 Å². The average molecular weight is 296 g/mol. The topological polar surface area (TPSA) is 21.3 Å². The molecule has 0 saturated heterocycles. The first kappa shape index (κ1) is 16.3. The van der Waals surface area contributed by atoms with Crippen molar-refractivity contribution in [2.24, 2.45) is 0 Å². The zero-order valence-corrected chi connectivity index (χ0v) is 11.2. The molecule has 0 radical (unpaired) electrons. The molecule has 108 valence electrons. The summed E-state index contributed by atoms with van der Waals surface area (Å²) in [5.41, 5.74) is 1.06. The maximum atomic E-state index is 11.8. The summed E-state index contributed by atoms with van der Waals surface area (Å²) in [7, 11) is 0. The van der Waals surface area contributed by atoms with E-state index in [9.17, 15) is 13.2 Å². The van der Waals surface area contributed by atoms with E-state index in [-0.39, 0.29) is 12.6 Å². The number of hydrogen-bond donors (Lipinski definition) is 1. The van der Waals surface area contributed by atoms with Gasteiger partial charge in [-0.25, -0.2) is 0 Å². The highest BCUT2D eigenvalue weighted by Gasteiger charge is 2.27. The Morgan fingerprint density at radius 3 is 2.47 bits per heavy atom. The van der Waals surface area contributed by atoms with Crippen molar-refractivity contribution >= 4 is 11.6 Å². The Kier molecular flexibility index (Phi) is 7.20. The molecule has 1 aromatic carbocycles. The maximum Gasteiger partial charge on any atom is 0.411 e. The minimum atomic E-state index is -4.25. The van der Waals surface area contributed by atoms with Gasteiger partial charge in [-0.1, -0.05) is 30.3 Å². The van der Waals surface area contributed by atoms with Crippen LogP contribution in [0.1, 0.15) is 18.0 Å². The molecule has 0 fully saturated rings. The first-order chi connectivity index (χ1) is 9.03. The SMILES string of the molecule is FC(F)(F)COCCCNC(CCl)c1ccccc1. The van der Waals surface area contributed by atoms with Gasteiger partial charge >= 0.3 is 6.18 Å². The maximum absolute atomic E-state index is 11.8. The molecule has 19 heavy (non-hydrogen) atoms. The van der Waals surface area contributed by atoms with Gasteiger partial charge in [0.05, 0.1) is 0 Å². The van der Waals surface area contributed by atoms with Crippen LogP contribution in [0.15, 0.2) is 30.3 Å². The number of halogens is 4. The molecular formula is C13H17ClF3NO. The molecule has 0 amide bonds. The highest BCUT2D eigenvalue weighted by atomic mass is 35.5. The molecule has 1 unspecified atom stereocenters. The molecule has 0 aliphatic carbocycles. The fourth-order valence-corrected chi connectivity index (χ4v) is 1.87. The van der Waals surface area contributed by atoms with Gasteiger partial charge in [-0.15, -0.1) is 11.6 Å². The lowest BCUT2D eigenvalue weighted by Crippen LogP contribution is -2.25. The molecule has 0 aliphatic heterocycles. The lowest BCUT2D eigenvalue weighted by Gasteiger charge is -2.16. The molecular weight excluding hydrogens is 279 g/mol. The van der Waals surface area contributed by atoms with E-state index in [0.29, 0.717) is 18.8 Å². The predicted octanol–water partition coefficient (Wildman–Crippen LogP) is 3.53. The lowest BCUT2D eigenvalue weighted by molar-refractivity contribution is -0.173. The summed E-state index contributed by atoms with van der Waals surface area (Å²) in [4.78, 5) is 0. The number of benzene rings is 1. The van der Waals surface area contributed by atoms with Crippen LogP contribution in [0.25, 0.3) is 0 Å². The molecule has 1 rings (SSSR count).